The van der Waals surface area contributed by atoms with Gasteiger partial charge in [-0.05, 0) is 25.6 Å². The lowest BCUT2D eigenvalue weighted by Gasteiger charge is -2.17. The van der Waals surface area contributed by atoms with Gasteiger partial charge < -0.3 is 10.2 Å². The fourth-order valence-corrected chi connectivity index (χ4v) is 1.13. The lowest BCUT2D eigenvalue weighted by atomic mass is 10.4. The van der Waals surface area contributed by atoms with Gasteiger partial charge in [0.15, 0.2) is 5.82 Å². The summed E-state index contributed by atoms with van der Waals surface area (Å²) in [6.07, 6.45) is 0. The second-order valence-corrected chi connectivity index (χ2v) is 3.31. The van der Waals surface area contributed by atoms with Crippen molar-refractivity contribution in [3.63, 3.8) is 0 Å². The van der Waals surface area contributed by atoms with Gasteiger partial charge >= 0.3 is 0 Å². The fourth-order valence-electron chi connectivity index (χ4n) is 1.13. The minimum atomic E-state index is 0.925. The van der Waals surface area contributed by atoms with Crippen molar-refractivity contribution in [2.45, 2.75) is 13.8 Å². The zero-order chi connectivity index (χ0) is 10.4. The van der Waals surface area contributed by atoms with Gasteiger partial charge in [0.25, 0.3) is 0 Å². The second kappa shape index (κ2) is 5.54. The highest BCUT2D eigenvalue weighted by molar-refractivity contribution is 5.35. The maximum Gasteiger partial charge on any atom is 0.151 e. The molecule has 4 heteroatoms. The Morgan fingerprint density at radius 2 is 2.14 bits per heavy atom. The van der Waals surface area contributed by atoms with Crippen molar-refractivity contribution in [1.29, 1.82) is 0 Å². The van der Waals surface area contributed by atoms with Crippen LogP contribution in [0.1, 0.15) is 12.6 Å². The van der Waals surface area contributed by atoms with Gasteiger partial charge in [0.1, 0.15) is 0 Å². The third-order valence-electron chi connectivity index (χ3n) is 2.05. The fraction of sp³-hybridized carbons (Fsp3) is 0.600. The molecular formula is C10H18N4. The van der Waals surface area contributed by atoms with Gasteiger partial charge in [0.2, 0.25) is 0 Å². The molecule has 0 unspecified atom stereocenters. The lowest BCUT2D eigenvalue weighted by molar-refractivity contribution is 0.699. The predicted octanol–water partition coefficient (Wildman–Crippen LogP) is 0.831. The van der Waals surface area contributed by atoms with E-state index in [0.29, 0.717) is 0 Å². The van der Waals surface area contributed by atoms with E-state index in [9.17, 15) is 0 Å². The van der Waals surface area contributed by atoms with E-state index in [1.54, 1.807) is 0 Å². The van der Waals surface area contributed by atoms with E-state index in [-0.39, 0.29) is 0 Å². The van der Waals surface area contributed by atoms with Gasteiger partial charge in [-0.2, -0.15) is 5.10 Å². The van der Waals surface area contributed by atoms with Crippen LogP contribution in [0.25, 0.3) is 0 Å². The topological polar surface area (TPSA) is 41.0 Å². The zero-order valence-corrected chi connectivity index (χ0v) is 9.12. The Morgan fingerprint density at radius 3 is 2.71 bits per heavy atom. The molecule has 0 bridgehead atoms. The lowest BCUT2D eigenvalue weighted by Crippen LogP contribution is -2.29. The molecule has 1 aromatic rings. The molecule has 0 saturated carbocycles. The van der Waals surface area contributed by atoms with Crippen molar-refractivity contribution in [3.8, 4) is 0 Å². The second-order valence-electron chi connectivity index (χ2n) is 3.31. The summed E-state index contributed by atoms with van der Waals surface area (Å²) in [4.78, 5) is 2.09. The van der Waals surface area contributed by atoms with E-state index >= 15 is 0 Å². The van der Waals surface area contributed by atoms with E-state index < -0.39 is 0 Å². The molecule has 0 aliphatic heterocycles. The highest BCUT2D eigenvalue weighted by Crippen LogP contribution is 2.05. The first kappa shape index (κ1) is 10.9. The summed E-state index contributed by atoms with van der Waals surface area (Å²) in [6, 6.07) is 3.97. The van der Waals surface area contributed by atoms with E-state index in [2.05, 4.69) is 27.3 Å². The van der Waals surface area contributed by atoms with Crippen LogP contribution in [0, 0.1) is 6.92 Å². The summed E-state index contributed by atoms with van der Waals surface area (Å²) in [5, 5.41) is 11.4. The Hall–Kier alpha value is -1.16. The summed E-state index contributed by atoms with van der Waals surface area (Å²) < 4.78 is 0. The van der Waals surface area contributed by atoms with Gasteiger partial charge in [-0.15, -0.1) is 5.10 Å². The summed E-state index contributed by atoms with van der Waals surface area (Å²) >= 11 is 0. The monoisotopic (exact) mass is 194 g/mol. The number of nitrogens with one attached hydrogen (secondary N) is 1. The van der Waals surface area contributed by atoms with Crippen LogP contribution in [0.2, 0.25) is 0 Å². The van der Waals surface area contributed by atoms with Crippen LogP contribution in [0.4, 0.5) is 5.82 Å². The maximum absolute atomic E-state index is 4.11. The molecule has 0 saturated heterocycles. The molecule has 1 N–H and O–H groups in total. The van der Waals surface area contributed by atoms with Crippen LogP contribution >= 0.6 is 0 Å². The third kappa shape index (κ3) is 3.30. The summed E-state index contributed by atoms with van der Waals surface area (Å²) in [5.74, 6) is 0.925. The first-order chi connectivity index (χ1) is 6.74. The Balaban J connectivity index is 2.43. The average Bonchev–Trinajstić information content (AvgIpc) is 2.19. The number of hydrogen-bond acceptors (Lipinski definition) is 4. The Bertz CT molecular complexity index is 257. The van der Waals surface area contributed by atoms with Crippen LogP contribution in [0.15, 0.2) is 12.1 Å². The van der Waals surface area contributed by atoms with E-state index in [1.165, 1.54) is 0 Å². The largest absolute Gasteiger partial charge is 0.357 e. The van der Waals surface area contributed by atoms with Crippen LogP contribution in [-0.2, 0) is 0 Å². The van der Waals surface area contributed by atoms with E-state index in [4.69, 9.17) is 0 Å². The van der Waals surface area contributed by atoms with Gasteiger partial charge in [-0.1, -0.05) is 6.92 Å². The molecule has 0 aliphatic rings. The highest BCUT2D eigenvalue weighted by atomic mass is 15.2. The third-order valence-corrected chi connectivity index (χ3v) is 2.05. The molecule has 0 fully saturated rings. The molecule has 78 valence electrons. The Morgan fingerprint density at radius 1 is 1.36 bits per heavy atom. The first-order valence-corrected chi connectivity index (χ1v) is 4.96. The number of aryl methyl sites for hydroxylation is 1. The molecule has 0 atom stereocenters. The molecule has 1 aromatic heterocycles. The number of aromatic nitrogens is 2. The van der Waals surface area contributed by atoms with E-state index in [1.807, 2.05) is 26.1 Å². The Labute approximate surface area is 85.3 Å². The minimum Gasteiger partial charge on any atom is -0.357 e. The molecule has 0 spiro atoms. The van der Waals surface area contributed by atoms with Gasteiger partial charge in [-0.3, -0.25) is 0 Å². The Kier molecular flexibility index (Phi) is 4.32. The number of hydrogen-bond donors (Lipinski definition) is 1. The number of nitrogens with zero attached hydrogens (tertiary/aromatic N) is 3. The first-order valence-electron chi connectivity index (χ1n) is 4.96. The molecule has 0 amide bonds. The van der Waals surface area contributed by atoms with Crippen LogP contribution in [0.3, 0.4) is 0 Å². The van der Waals surface area contributed by atoms with Crippen LogP contribution in [0.5, 0.6) is 0 Å². The smallest absolute Gasteiger partial charge is 0.151 e. The van der Waals surface area contributed by atoms with Crippen molar-refractivity contribution < 1.29 is 0 Å². The number of likely N-dealkylation sites (N-methyl/N-ethyl adjacent to an activating group) is 2. The minimum absolute atomic E-state index is 0.925. The SMILES string of the molecule is CCNCCN(C)c1ccc(C)nn1. The standard InChI is InChI=1S/C10H18N4/c1-4-11-7-8-14(3)10-6-5-9(2)12-13-10/h5-6,11H,4,7-8H2,1-3H3. The molecule has 14 heavy (non-hydrogen) atoms. The highest BCUT2D eigenvalue weighted by Gasteiger charge is 2.01. The molecule has 0 aliphatic carbocycles. The normalized spacial score (nSPS) is 10.2. The predicted molar refractivity (Wildman–Crippen MR) is 58.6 cm³/mol. The van der Waals surface area contributed by atoms with Crippen molar-refractivity contribution in [1.82, 2.24) is 15.5 Å². The van der Waals surface area contributed by atoms with E-state index in [0.717, 1.165) is 31.1 Å². The number of anilines is 1. The summed E-state index contributed by atoms with van der Waals surface area (Å²) in [5.41, 5.74) is 0.953. The number of rotatable bonds is 5. The van der Waals surface area contributed by atoms with Crippen molar-refractivity contribution in [2.75, 3.05) is 31.6 Å². The summed E-state index contributed by atoms with van der Waals surface area (Å²) in [7, 11) is 2.02. The molecule has 1 rings (SSSR count). The maximum atomic E-state index is 4.11. The van der Waals surface area contributed by atoms with Crippen molar-refractivity contribution in [2.24, 2.45) is 0 Å². The van der Waals surface area contributed by atoms with Crippen LogP contribution < -0.4 is 10.2 Å². The van der Waals surface area contributed by atoms with Crippen molar-refractivity contribution >= 4 is 5.82 Å². The molecule has 4 nitrogen and oxygen atoms in total. The van der Waals surface area contributed by atoms with Gasteiger partial charge in [0, 0.05) is 20.1 Å². The van der Waals surface area contributed by atoms with Gasteiger partial charge in [-0.25, -0.2) is 0 Å². The van der Waals surface area contributed by atoms with Gasteiger partial charge in [0.05, 0.1) is 5.69 Å². The zero-order valence-electron chi connectivity index (χ0n) is 9.12. The molecule has 0 aromatic carbocycles. The van der Waals surface area contributed by atoms with Crippen LogP contribution in [-0.4, -0.2) is 36.9 Å². The summed E-state index contributed by atoms with van der Waals surface area (Å²) in [6.45, 7) is 6.97. The average molecular weight is 194 g/mol. The molecular weight excluding hydrogens is 176 g/mol. The van der Waals surface area contributed by atoms with Crippen molar-refractivity contribution in [3.05, 3.63) is 17.8 Å². The molecule has 0 radical (unpaired) electrons. The quantitative estimate of drug-likeness (QED) is 0.705. The molecule has 1 heterocycles.